The van der Waals surface area contributed by atoms with Gasteiger partial charge in [-0.1, -0.05) is 0 Å². The van der Waals surface area contributed by atoms with Gasteiger partial charge in [0.15, 0.2) is 5.79 Å². The van der Waals surface area contributed by atoms with Crippen LogP contribution in [0.3, 0.4) is 0 Å². The van der Waals surface area contributed by atoms with E-state index in [9.17, 15) is 15.2 Å². The Hall–Kier alpha value is -2.08. The fraction of sp³-hybridized carbons (Fsp3) is 0.733. The number of aliphatic hydroxyl groups is 1. The molecule has 0 spiro atoms. The maximum absolute atomic E-state index is 11.5. The van der Waals surface area contributed by atoms with E-state index in [2.05, 4.69) is 9.97 Å². The highest BCUT2D eigenvalue weighted by Crippen LogP contribution is 2.41. The molecule has 0 aliphatic carbocycles. The van der Waals surface area contributed by atoms with Crippen molar-refractivity contribution in [2.45, 2.75) is 50.5 Å². The Labute approximate surface area is 149 Å². The molecule has 11 heteroatoms. The standard InChI is InChI=1S/C15H21N3O8/c1-15(2)25-11-8(24-9(6-19)12(11)26-15)5-7-10(18(20)21)13(22-3)17-14(16-7)23-4/h8-9,11-12,19H,5-6H2,1-4H3/t8-,9-,11+,12-/m1/s1. The van der Waals surface area contributed by atoms with Crippen LogP contribution in [0.2, 0.25) is 0 Å². The summed E-state index contributed by atoms with van der Waals surface area (Å²) in [5.74, 6) is -1.04. The van der Waals surface area contributed by atoms with Crippen LogP contribution in [0.15, 0.2) is 0 Å². The molecule has 1 aromatic heterocycles. The van der Waals surface area contributed by atoms with Crippen LogP contribution in [0.25, 0.3) is 0 Å². The molecule has 0 unspecified atom stereocenters. The topological polar surface area (TPSA) is 135 Å². The molecule has 2 fully saturated rings. The molecule has 3 rings (SSSR count). The van der Waals surface area contributed by atoms with E-state index < -0.39 is 35.1 Å². The van der Waals surface area contributed by atoms with Gasteiger partial charge in [-0.3, -0.25) is 10.1 Å². The van der Waals surface area contributed by atoms with Gasteiger partial charge in [-0.05, 0) is 13.8 Å². The summed E-state index contributed by atoms with van der Waals surface area (Å²) < 4.78 is 27.5. The zero-order valence-corrected chi connectivity index (χ0v) is 14.9. The van der Waals surface area contributed by atoms with Gasteiger partial charge in [0.1, 0.15) is 24.0 Å². The van der Waals surface area contributed by atoms with Gasteiger partial charge in [0.05, 0.1) is 31.9 Å². The SMILES string of the molecule is COc1nc(C[C@H]2O[C@H](CO)[C@H]3OC(C)(C)O[C@H]32)c([N+](=O)[O-])c(OC)n1. The smallest absolute Gasteiger partial charge is 0.352 e. The summed E-state index contributed by atoms with van der Waals surface area (Å²) in [6.45, 7) is 3.27. The average Bonchev–Trinajstić information content (AvgIpc) is 3.07. The van der Waals surface area contributed by atoms with Gasteiger partial charge < -0.3 is 28.8 Å². The van der Waals surface area contributed by atoms with E-state index >= 15 is 0 Å². The highest BCUT2D eigenvalue weighted by molar-refractivity contribution is 5.46. The quantitative estimate of drug-likeness (QED) is 0.546. The average molecular weight is 371 g/mol. The molecule has 0 saturated carbocycles. The van der Waals surface area contributed by atoms with E-state index in [0.717, 1.165) is 0 Å². The molecule has 2 aliphatic rings. The molecule has 0 radical (unpaired) electrons. The molecule has 0 aromatic carbocycles. The molecule has 0 bridgehead atoms. The highest BCUT2D eigenvalue weighted by atomic mass is 16.8. The summed E-state index contributed by atoms with van der Waals surface area (Å²) in [6, 6.07) is -0.0559. The van der Waals surface area contributed by atoms with Gasteiger partial charge in [-0.2, -0.15) is 9.97 Å². The van der Waals surface area contributed by atoms with Crippen LogP contribution >= 0.6 is 0 Å². The second kappa shape index (κ2) is 6.91. The van der Waals surface area contributed by atoms with Crippen LogP contribution in [0.4, 0.5) is 5.69 Å². The van der Waals surface area contributed by atoms with Crippen molar-refractivity contribution >= 4 is 5.69 Å². The number of nitrogens with zero attached hydrogens (tertiary/aromatic N) is 3. The summed E-state index contributed by atoms with van der Waals surface area (Å²) in [7, 11) is 2.63. The van der Waals surface area contributed by atoms with E-state index in [1.807, 2.05) is 0 Å². The second-order valence-electron chi connectivity index (χ2n) is 6.44. The maximum Gasteiger partial charge on any atom is 0.352 e. The predicted octanol–water partition coefficient (Wildman–Crippen LogP) is 0.224. The Bertz CT molecular complexity index is 698. The van der Waals surface area contributed by atoms with E-state index in [1.54, 1.807) is 13.8 Å². The zero-order valence-electron chi connectivity index (χ0n) is 14.9. The molecule has 2 aliphatic heterocycles. The van der Waals surface area contributed by atoms with Crippen LogP contribution < -0.4 is 9.47 Å². The molecular formula is C15H21N3O8. The Morgan fingerprint density at radius 2 is 1.85 bits per heavy atom. The molecule has 4 atom stereocenters. The number of aliphatic hydroxyl groups excluding tert-OH is 1. The fourth-order valence-corrected chi connectivity index (χ4v) is 3.29. The number of methoxy groups -OCH3 is 2. The van der Waals surface area contributed by atoms with E-state index in [0.29, 0.717) is 0 Å². The molecule has 1 aromatic rings. The number of aromatic nitrogens is 2. The summed E-state index contributed by atoms with van der Waals surface area (Å²) in [6.07, 6.45) is -2.10. The van der Waals surface area contributed by atoms with Gasteiger partial charge in [0.25, 0.3) is 0 Å². The lowest BCUT2D eigenvalue weighted by atomic mass is 10.0. The number of fused-ring (bicyclic) bond motifs is 1. The van der Waals surface area contributed by atoms with Crippen LogP contribution in [-0.2, 0) is 20.6 Å². The molecule has 144 valence electrons. The van der Waals surface area contributed by atoms with Crippen molar-refractivity contribution in [2.75, 3.05) is 20.8 Å². The molecular weight excluding hydrogens is 350 g/mol. The summed E-state index contributed by atoms with van der Waals surface area (Å²) in [4.78, 5) is 18.8. The Kier molecular flexibility index (Phi) is 4.97. The third kappa shape index (κ3) is 3.30. The molecule has 26 heavy (non-hydrogen) atoms. The van der Waals surface area contributed by atoms with Crippen LogP contribution in [-0.4, -0.2) is 71.0 Å². The first-order valence-electron chi connectivity index (χ1n) is 8.05. The van der Waals surface area contributed by atoms with Gasteiger partial charge >= 0.3 is 17.6 Å². The van der Waals surface area contributed by atoms with Gasteiger partial charge in [-0.15, -0.1) is 0 Å². The Morgan fingerprint density at radius 3 is 2.38 bits per heavy atom. The lowest BCUT2D eigenvalue weighted by Gasteiger charge is -2.23. The molecule has 3 heterocycles. The Morgan fingerprint density at radius 1 is 1.19 bits per heavy atom. The first kappa shape index (κ1) is 18.7. The fourth-order valence-electron chi connectivity index (χ4n) is 3.29. The van der Waals surface area contributed by atoms with Crippen molar-refractivity contribution in [2.24, 2.45) is 0 Å². The second-order valence-corrected chi connectivity index (χ2v) is 6.44. The van der Waals surface area contributed by atoms with Crippen molar-refractivity contribution < 1.29 is 33.7 Å². The van der Waals surface area contributed by atoms with Crippen LogP contribution in [0, 0.1) is 10.1 Å². The molecule has 11 nitrogen and oxygen atoms in total. The normalized spacial score (nSPS) is 29.4. The van der Waals surface area contributed by atoms with Gasteiger partial charge in [-0.25, -0.2) is 0 Å². The van der Waals surface area contributed by atoms with E-state index in [1.165, 1.54) is 14.2 Å². The number of ether oxygens (including phenoxy) is 5. The number of rotatable bonds is 6. The summed E-state index contributed by atoms with van der Waals surface area (Å²) in [5, 5.41) is 21.0. The monoisotopic (exact) mass is 371 g/mol. The number of nitro groups is 1. The minimum atomic E-state index is -0.836. The van der Waals surface area contributed by atoms with Crippen molar-refractivity contribution in [1.29, 1.82) is 0 Å². The van der Waals surface area contributed by atoms with Gasteiger partial charge in [0, 0.05) is 6.42 Å². The third-order valence-corrected chi connectivity index (χ3v) is 4.28. The first-order chi connectivity index (χ1) is 12.3. The number of hydrogen-bond acceptors (Lipinski definition) is 10. The first-order valence-corrected chi connectivity index (χ1v) is 8.05. The minimum Gasteiger partial charge on any atom is -0.476 e. The highest BCUT2D eigenvalue weighted by Gasteiger charge is 2.55. The molecule has 1 N–H and O–H groups in total. The van der Waals surface area contributed by atoms with E-state index in [-0.39, 0.29) is 36.3 Å². The summed E-state index contributed by atoms with van der Waals surface area (Å²) >= 11 is 0. The van der Waals surface area contributed by atoms with Gasteiger partial charge in [0.2, 0.25) is 0 Å². The zero-order chi connectivity index (χ0) is 19.1. The van der Waals surface area contributed by atoms with Crippen LogP contribution in [0.1, 0.15) is 19.5 Å². The molecule has 0 amide bonds. The third-order valence-electron chi connectivity index (χ3n) is 4.28. The van der Waals surface area contributed by atoms with Crippen molar-refractivity contribution in [3.05, 3.63) is 15.8 Å². The van der Waals surface area contributed by atoms with Crippen LogP contribution in [0.5, 0.6) is 11.9 Å². The summed E-state index contributed by atoms with van der Waals surface area (Å²) in [5.41, 5.74) is -0.270. The molecule has 2 saturated heterocycles. The van der Waals surface area contributed by atoms with Crippen molar-refractivity contribution in [3.8, 4) is 11.9 Å². The number of hydrogen-bond donors (Lipinski definition) is 1. The van der Waals surface area contributed by atoms with Crippen molar-refractivity contribution in [1.82, 2.24) is 9.97 Å². The minimum absolute atomic E-state index is 0.0443. The largest absolute Gasteiger partial charge is 0.476 e. The maximum atomic E-state index is 11.5. The predicted molar refractivity (Wildman–Crippen MR) is 85.1 cm³/mol. The lowest BCUT2D eigenvalue weighted by Crippen LogP contribution is -2.32. The Balaban J connectivity index is 1.94. The van der Waals surface area contributed by atoms with E-state index in [4.69, 9.17) is 23.7 Å². The van der Waals surface area contributed by atoms with Crippen molar-refractivity contribution in [3.63, 3.8) is 0 Å². The lowest BCUT2D eigenvalue weighted by molar-refractivity contribution is -0.387.